The Kier molecular flexibility index (Phi) is 14.0. The second kappa shape index (κ2) is 18.5. The normalized spacial score (nSPS) is 18.2. The van der Waals surface area contributed by atoms with Gasteiger partial charge in [-0.2, -0.15) is 0 Å². The number of thiazole rings is 2. The number of hydrogen-bond acceptors (Lipinski definition) is 8. The third-order valence-electron chi connectivity index (χ3n) is 12.4. The highest BCUT2D eigenvalue weighted by atomic mass is 79.9. The van der Waals surface area contributed by atoms with Crippen LogP contribution < -0.4 is 0 Å². The molecule has 0 radical (unpaired) electrons. The molecule has 2 aliphatic carbocycles. The van der Waals surface area contributed by atoms with Gasteiger partial charge in [0, 0.05) is 54.5 Å². The molecule has 2 amide bonds. The molecule has 4 aromatic rings. The molecule has 2 saturated heterocycles. The fourth-order valence-corrected chi connectivity index (χ4v) is 11.1. The first-order valence-electron chi connectivity index (χ1n) is 23.3. The molecule has 0 atom stereocenters. The quantitative estimate of drug-likeness (QED) is 0.191. The van der Waals surface area contributed by atoms with Crippen LogP contribution >= 0.6 is 38.6 Å². The van der Waals surface area contributed by atoms with E-state index < -0.39 is 11.2 Å². The number of carbonyl (C=O) groups excluding carboxylic acids is 2. The molecule has 342 valence electrons. The van der Waals surface area contributed by atoms with E-state index in [4.69, 9.17) is 19.4 Å². The van der Waals surface area contributed by atoms with Crippen molar-refractivity contribution in [3.8, 4) is 22.5 Å². The summed E-state index contributed by atoms with van der Waals surface area (Å²) in [5.74, 6) is 2.25. The van der Waals surface area contributed by atoms with E-state index in [1.54, 1.807) is 22.7 Å². The molecule has 0 spiro atoms. The van der Waals surface area contributed by atoms with Gasteiger partial charge in [0.05, 0.1) is 25.2 Å². The zero-order valence-electron chi connectivity index (χ0n) is 40.0. The Morgan fingerprint density at radius 2 is 1.00 bits per heavy atom. The number of benzene rings is 2. The van der Waals surface area contributed by atoms with Crippen LogP contribution in [0.1, 0.15) is 190 Å². The van der Waals surface area contributed by atoms with Gasteiger partial charge in [0.25, 0.3) is 0 Å². The predicted octanol–water partition coefficient (Wildman–Crippen LogP) is 15.0. The number of hydrogen-bond donors (Lipinski definition) is 0. The monoisotopic (exact) mass is 958 g/mol. The standard InChI is InChI=1S/C26H35BrN2O2S.C26H36N2O2S/c1-25(2,3)20-14-18(16-7-8-16)13-19(15-20)21-22(27)32-23(28-21)17-9-11-29(12-10-17)24(30)31-26(4,5)6;1-25(2,3)21-14-19(17-7-8-17)13-20(15-21)22-16-31-23(27-22)18-9-11-28(12-10-18)24(29)30-26(4,5)6/h13-17H,7-12H2,1-6H3;13-18H,7-12H2,1-6H3. The van der Waals surface area contributed by atoms with Crippen LogP contribution in [-0.2, 0) is 20.3 Å². The Hall–Kier alpha value is -3.28. The van der Waals surface area contributed by atoms with Gasteiger partial charge in [-0.1, -0.05) is 53.7 Å². The van der Waals surface area contributed by atoms with Crippen LogP contribution in [0.25, 0.3) is 22.5 Å². The minimum absolute atomic E-state index is 0.111. The summed E-state index contributed by atoms with van der Waals surface area (Å²) in [4.78, 5) is 38.6. The van der Waals surface area contributed by atoms with E-state index in [0.717, 1.165) is 73.0 Å². The lowest BCUT2D eigenvalue weighted by Crippen LogP contribution is -2.41. The lowest BCUT2D eigenvalue weighted by atomic mass is 9.84. The summed E-state index contributed by atoms with van der Waals surface area (Å²) in [6.07, 6.45) is 8.56. The number of rotatable bonds is 6. The highest BCUT2D eigenvalue weighted by Crippen LogP contribution is 2.46. The summed E-state index contributed by atoms with van der Waals surface area (Å²) in [7, 11) is 0. The molecule has 0 unspecified atom stereocenters. The van der Waals surface area contributed by atoms with E-state index in [1.807, 2.05) is 51.3 Å². The number of piperidine rings is 2. The molecule has 4 fully saturated rings. The maximum absolute atomic E-state index is 12.4. The predicted molar refractivity (Wildman–Crippen MR) is 264 cm³/mol. The van der Waals surface area contributed by atoms with E-state index in [-0.39, 0.29) is 23.0 Å². The van der Waals surface area contributed by atoms with Gasteiger partial charge in [0.1, 0.15) is 11.2 Å². The van der Waals surface area contributed by atoms with Crippen molar-refractivity contribution in [1.82, 2.24) is 19.8 Å². The molecule has 2 aromatic heterocycles. The first-order valence-corrected chi connectivity index (χ1v) is 25.8. The summed E-state index contributed by atoms with van der Waals surface area (Å²) >= 11 is 7.33. The van der Waals surface area contributed by atoms with Crippen molar-refractivity contribution in [3.05, 3.63) is 77.8 Å². The second-order valence-corrected chi connectivity index (χ2v) is 25.7. The highest BCUT2D eigenvalue weighted by molar-refractivity contribution is 9.11. The largest absolute Gasteiger partial charge is 0.444 e. The van der Waals surface area contributed by atoms with E-state index in [9.17, 15) is 9.59 Å². The highest BCUT2D eigenvalue weighted by Gasteiger charge is 2.33. The van der Waals surface area contributed by atoms with Gasteiger partial charge in [0.15, 0.2) is 0 Å². The van der Waals surface area contributed by atoms with Gasteiger partial charge in [-0.15, -0.1) is 22.7 Å². The molecule has 2 aliphatic heterocycles. The number of amides is 2. The minimum Gasteiger partial charge on any atom is -0.444 e. The maximum Gasteiger partial charge on any atom is 0.410 e. The number of nitrogens with zero attached hydrogens (tertiary/aromatic N) is 4. The van der Waals surface area contributed by atoms with E-state index in [0.29, 0.717) is 17.8 Å². The molecule has 2 aromatic carbocycles. The lowest BCUT2D eigenvalue weighted by Gasteiger charge is -2.32. The molecular formula is C52H71BrN4O4S2. The van der Waals surface area contributed by atoms with Gasteiger partial charge >= 0.3 is 12.2 Å². The van der Waals surface area contributed by atoms with Gasteiger partial charge in [-0.3, -0.25) is 0 Å². The van der Waals surface area contributed by atoms with Crippen molar-refractivity contribution in [3.63, 3.8) is 0 Å². The SMILES string of the molecule is CC(C)(C)OC(=O)N1CCC(c2nc(-c3cc(C4CC4)cc(C(C)(C)C)c3)c(Br)s2)CC1.CC(C)(C)OC(=O)N1CCC(c2nc(-c3cc(C4CC4)cc(C(C)(C)C)c3)cs2)CC1. The molecule has 0 N–H and O–H groups in total. The molecule has 0 bridgehead atoms. The van der Waals surface area contributed by atoms with Crippen molar-refractivity contribution in [2.45, 2.75) is 180 Å². The van der Waals surface area contributed by atoms with Crippen LogP contribution in [0.5, 0.6) is 0 Å². The summed E-state index contributed by atoms with van der Waals surface area (Å²) < 4.78 is 12.2. The lowest BCUT2D eigenvalue weighted by molar-refractivity contribution is 0.0194. The molecule has 11 heteroatoms. The van der Waals surface area contributed by atoms with E-state index >= 15 is 0 Å². The third-order valence-corrected chi connectivity index (χ3v) is 15.3. The zero-order chi connectivity index (χ0) is 45.6. The molecule has 63 heavy (non-hydrogen) atoms. The van der Waals surface area contributed by atoms with Crippen molar-refractivity contribution in [1.29, 1.82) is 0 Å². The number of ether oxygens (including phenoxy) is 2. The number of aromatic nitrogens is 2. The van der Waals surface area contributed by atoms with Crippen molar-refractivity contribution >= 4 is 50.8 Å². The van der Waals surface area contributed by atoms with Crippen LogP contribution in [-0.4, -0.2) is 69.3 Å². The number of halogens is 1. The molecule has 4 aliphatic rings. The Balaban J connectivity index is 0.000000189. The fraction of sp³-hybridized carbons (Fsp3) is 0.615. The summed E-state index contributed by atoms with van der Waals surface area (Å²) in [5.41, 5.74) is 9.69. The molecule has 4 heterocycles. The van der Waals surface area contributed by atoms with E-state index in [1.165, 1.54) is 69.1 Å². The third kappa shape index (κ3) is 12.8. The first-order chi connectivity index (χ1) is 29.4. The molecule has 8 rings (SSSR count). The van der Waals surface area contributed by atoms with E-state index in [2.05, 4.69) is 99.3 Å². The number of carbonyl (C=O) groups is 2. The van der Waals surface area contributed by atoms with Crippen LogP contribution in [0, 0.1) is 0 Å². The summed E-state index contributed by atoms with van der Waals surface area (Å²) in [6.45, 7) is 28.1. The first kappa shape index (κ1) is 47.7. The Labute approximate surface area is 394 Å². The fourth-order valence-electron chi connectivity index (χ4n) is 8.31. The van der Waals surface area contributed by atoms with Gasteiger partial charge in [-0.25, -0.2) is 19.6 Å². The molecule has 8 nitrogen and oxygen atoms in total. The maximum atomic E-state index is 12.4. The zero-order valence-corrected chi connectivity index (χ0v) is 43.2. The Morgan fingerprint density at radius 1 is 0.571 bits per heavy atom. The second-order valence-electron chi connectivity index (χ2n) is 22.5. The summed E-state index contributed by atoms with van der Waals surface area (Å²) in [5, 5.41) is 4.59. The summed E-state index contributed by atoms with van der Waals surface area (Å²) in [6, 6.07) is 14.2. The van der Waals surface area contributed by atoms with Crippen LogP contribution in [0.2, 0.25) is 0 Å². The topological polar surface area (TPSA) is 84.9 Å². The van der Waals surface area contributed by atoms with Crippen molar-refractivity contribution in [2.24, 2.45) is 0 Å². The average Bonchev–Trinajstić information content (AvgIpc) is 4.14. The van der Waals surface area contributed by atoms with Crippen LogP contribution in [0.4, 0.5) is 9.59 Å². The van der Waals surface area contributed by atoms with Crippen molar-refractivity contribution in [2.75, 3.05) is 26.2 Å². The number of likely N-dealkylation sites (tertiary alicyclic amines) is 2. The average molecular weight is 960 g/mol. The molecular weight excluding hydrogens is 889 g/mol. The van der Waals surface area contributed by atoms with Crippen molar-refractivity contribution < 1.29 is 19.1 Å². The van der Waals surface area contributed by atoms with Gasteiger partial charge < -0.3 is 19.3 Å². The van der Waals surface area contributed by atoms with Crippen LogP contribution in [0.3, 0.4) is 0 Å². The smallest absolute Gasteiger partial charge is 0.410 e. The Bertz CT molecular complexity index is 2250. The Morgan fingerprint density at radius 3 is 1.43 bits per heavy atom. The molecule has 2 saturated carbocycles. The van der Waals surface area contributed by atoms with Gasteiger partial charge in [0.2, 0.25) is 0 Å². The van der Waals surface area contributed by atoms with Crippen LogP contribution in [0.15, 0.2) is 45.6 Å². The van der Waals surface area contributed by atoms with Gasteiger partial charge in [-0.05, 0) is 178 Å². The minimum atomic E-state index is -0.454.